The molecule has 2 aromatic heterocycles. The number of carbonyl (C=O) groups excluding carboxylic acids is 1. The van der Waals surface area contributed by atoms with Crippen LogP contribution >= 0.6 is 22.9 Å². The number of nitrogens with one attached hydrogen (secondary N) is 1. The van der Waals surface area contributed by atoms with Crippen LogP contribution in [0.3, 0.4) is 0 Å². The van der Waals surface area contributed by atoms with Crippen LogP contribution < -0.4 is 5.32 Å². The molecule has 0 saturated carbocycles. The maximum atomic E-state index is 12.1. The molecule has 0 atom stereocenters. The Morgan fingerprint density at radius 3 is 2.68 bits per heavy atom. The van der Waals surface area contributed by atoms with Gasteiger partial charge in [0.1, 0.15) is 6.33 Å². The van der Waals surface area contributed by atoms with Crippen LogP contribution in [0.15, 0.2) is 42.7 Å². The number of nitrogens with zero attached hydrogens (tertiary/aromatic N) is 4. The van der Waals surface area contributed by atoms with Crippen LogP contribution in [0, 0.1) is 0 Å². The molecule has 0 saturated heterocycles. The summed E-state index contributed by atoms with van der Waals surface area (Å²) in [7, 11) is 0. The van der Waals surface area contributed by atoms with E-state index < -0.39 is 0 Å². The molecule has 6 nitrogen and oxygen atoms in total. The summed E-state index contributed by atoms with van der Waals surface area (Å²) in [6, 6.07) is 10.9. The van der Waals surface area contributed by atoms with Crippen molar-refractivity contribution in [1.82, 2.24) is 25.5 Å². The van der Waals surface area contributed by atoms with E-state index >= 15 is 0 Å². The number of halogens is 1. The van der Waals surface area contributed by atoms with Crippen molar-refractivity contribution >= 4 is 28.8 Å². The van der Waals surface area contributed by atoms with E-state index in [1.54, 1.807) is 24.3 Å². The van der Waals surface area contributed by atoms with Gasteiger partial charge in [0.15, 0.2) is 0 Å². The van der Waals surface area contributed by atoms with E-state index in [0.29, 0.717) is 12.1 Å². The molecular formula is C14H12ClN5OS. The number of rotatable bonds is 5. The lowest BCUT2D eigenvalue weighted by Gasteiger charge is -2.05. The van der Waals surface area contributed by atoms with Gasteiger partial charge in [-0.2, -0.15) is 0 Å². The summed E-state index contributed by atoms with van der Waals surface area (Å²) in [4.78, 5) is 13.2. The third kappa shape index (κ3) is 3.49. The first kappa shape index (κ1) is 14.7. The molecule has 2 heterocycles. The van der Waals surface area contributed by atoms with Crippen molar-refractivity contribution in [3.05, 3.63) is 57.5 Å². The fourth-order valence-corrected chi connectivity index (χ4v) is 3.02. The first-order valence-electron chi connectivity index (χ1n) is 6.58. The Morgan fingerprint density at radius 1 is 1.23 bits per heavy atom. The second-order valence-electron chi connectivity index (χ2n) is 4.51. The highest BCUT2D eigenvalue weighted by Gasteiger charge is 2.06. The van der Waals surface area contributed by atoms with E-state index in [-0.39, 0.29) is 5.91 Å². The number of aromatic nitrogens is 4. The maximum Gasteiger partial charge on any atom is 0.251 e. The molecule has 0 fully saturated rings. The van der Waals surface area contributed by atoms with Gasteiger partial charge in [-0.15, -0.1) is 16.4 Å². The van der Waals surface area contributed by atoms with Crippen molar-refractivity contribution in [3.63, 3.8) is 0 Å². The predicted octanol–water partition coefficient (Wildman–Crippen LogP) is 2.35. The molecule has 0 aliphatic heterocycles. The lowest BCUT2D eigenvalue weighted by Crippen LogP contribution is -2.25. The maximum absolute atomic E-state index is 12.1. The molecule has 3 aromatic rings. The largest absolute Gasteiger partial charge is 0.352 e. The summed E-state index contributed by atoms with van der Waals surface area (Å²) >= 11 is 7.40. The van der Waals surface area contributed by atoms with Gasteiger partial charge in [0, 0.05) is 17.0 Å². The zero-order valence-electron chi connectivity index (χ0n) is 11.4. The Balaban J connectivity index is 1.56. The van der Waals surface area contributed by atoms with E-state index in [1.807, 2.05) is 12.1 Å². The lowest BCUT2D eigenvalue weighted by molar-refractivity contribution is 0.0954. The van der Waals surface area contributed by atoms with Crippen LogP contribution in [-0.2, 0) is 6.42 Å². The molecule has 8 heteroatoms. The van der Waals surface area contributed by atoms with Crippen LogP contribution in [0.25, 0.3) is 5.69 Å². The summed E-state index contributed by atoms with van der Waals surface area (Å²) in [5.41, 5.74) is 1.40. The Labute approximate surface area is 135 Å². The van der Waals surface area contributed by atoms with Gasteiger partial charge in [0.25, 0.3) is 5.91 Å². The highest BCUT2D eigenvalue weighted by molar-refractivity contribution is 7.16. The zero-order valence-corrected chi connectivity index (χ0v) is 13.0. The summed E-state index contributed by atoms with van der Waals surface area (Å²) in [5.74, 6) is -0.106. The van der Waals surface area contributed by atoms with E-state index in [0.717, 1.165) is 21.3 Å². The highest BCUT2D eigenvalue weighted by Crippen LogP contribution is 2.21. The number of tetrazole rings is 1. The van der Waals surface area contributed by atoms with Gasteiger partial charge in [-0.3, -0.25) is 4.79 Å². The molecular weight excluding hydrogens is 322 g/mol. The Morgan fingerprint density at radius 2 is 2.05 bits per heavy atom. The number of hydrogen-bond donors (Lipinski definition) is 1. The summed E-state index contributed by atoms with van der Waals surface area (Å²) in [6.45, 7) is 0.574. The Bertz CT molecular complexity index is 754. The molecule has 0 unspecified atom stereocenters. The monoisotopic (exact) mass is 333 g/mol. The van der Waals surface area contributed by atoms with E-state index in [1.165, 1.54) is 22.3 Å². The minimum absolute atomic E-state index is 0.106. The van der Waals surface area contributed by atoms with Crippen LogP contribution in [0.4, 0.5) is 0 Å². The van der Waals surface area contributed by atoms with Crippen LogP contribution in [-0.4, -0.2) is 32.7 Å². The topological polar surface area (TPSA) is 72.7 Å². The fourth-order valence-electron chi connectivity index (χ4n) is 1.93. The van der Waals surface area contributed by atoms with Crippen LogP contribution in [0.1, 0.15) is 15.2 Å². The molecule has 1 aromatic carbocycles. The van der Waals surface area contributed by atoms with E-state index in [9.17, 15) is 4.79 Å². The van der Waals surface area contributed by atoms with Gasteiger partial charge in [-0.1, -0.05) is 11.6 Å². The zero-order chi connectivity index (χ0) is 15.4. The molecule has 0 spiro atoms. The molecule has 112 valence electrons. The molecule has 1 amide bonds. The normalized spacial score (nSPS) is 10.6. The second-order valence-corrected chi connectivity index (χ2v) is 6.31. The van der Waals surface area contributed by atoms with Gasteiger partial charge in [0.05, 0.1) is 10.0 Å². The lowest BCUT2D eigenvalue weighted by atomic mass is 10.2. The molecule has 0 aliphatic rings. The molecule has 0 radical (unpaired) electrons. The average molecular weight is 334 g/mol. The van der Waals surface area contributed by atoms with Gasteiger partial charge in [0.2, 0.25) is 0 Å². The predicted molar refractivity (Wildman–Crippen MR) is 84.5 cm³/mol. The number of benzene rings is 1. The van der Waals surface area contributed by atoms with Crippen molar-refractivity contribution in [1.29, 1.82) is 0 Å². The first-order valence-corrected chi connectivity index (χ1v) is 7.77. The van der Waals surface area contributed by atoms with Crippen molar-refractivity contribution in [3.8, 4) is 5.69 Å². The molecule has 0 aliphatic carbocycles. The average Bonchev–Trinajstić information content (AvgIpc) is 3.19. The molecule has 22 heavy (non-hydrogen) atoms. The number of amides is 1. The van der Waals surface area contributed by atoms with Crippen molar-refractivity contribution in [2.24, 2.45) is 0 Å². The SMILES string of the molecule is O=C(NCCc1ccc(Cl)s1)c1ccc(-n2cnnn2)cc1. The van der Waals surface area contributed by atoms with E-state index in [4.69, 9.17) is 11.6 Å². The van der Waals surface area contributed by atoms with Crippen molar-refractivity contribution in [2.45, 2.75) is 6.42 Å². The van der Waals surface area contributed by atoms with Gasteiger partial charge in [-0.05, 0) is 53.2 Å². The molecule has 1 N–H and O–H groups in total. The van der Waals surface area contributed by atoms with E-state index in [2.05, 4.69) is 20.8 Å². The standard InChI is InChI=1S/C14H12ClN5OS/c15-13-6-5-12(22-13)7-8-16-14(21)10-1-3-11(4-2-10)20-9-17-18-19-20/h1-6,9H,7-8H2,(H,16,21). The number of thiophene rings is 1. The van der Waals surface area contributed by atoms with Crippen molar-refractivity contribution < 1.29 is 4.79 Å². The smallest absolute Gasteiger partial charge is 0.251 e. The Hall–Kier alpha value is -2.25. The van der Waals surface area contributed by atoms with Gasteiger partial charge in [-0.25, -0.2) is 4.68 Å². The minimum Gasteiger partial charge on any atom is -0.352 e. The third-order valence-corrected chi connectivity index (χ3v) is 4.32. The third-order valence-electron chi connectivity index (χ3n) is 3.03. The fraction of sp³-hybridized carbons (Fsp3) is 0.143. The summed E-state index contributed by atoms with van der Waals surface area (Å²) in [5, 5.41) is 13.8. The van der Waals surface area contributed by atoms with Crippen molar-refractivity contribution in [2.75, 3.05) is 6.54 Å². The number of carbonyl (C=O) groups is 1. The minimum atomic E-state index is -0.106. The molecule has 0 bridgehead atoms. The highest BCUT2D eigenvalue weighted by atomic mass is 35.5. The first-order chi connectivity index (χ1) is 10.7. The number of hydrogen-bond acceptors (Lipinski definition) is 5. The van der Waals surface area contributed by atoms with Crippen LogP contribution in [0.5, 0.6) is 0 Å². The summed E-state index contributed by atoms with van der Waals surface area (Å²) < 4.78 is 2.29. The second kappa shape index (κ2) is 6.67. The Kier molecular flexibility index (Phi) is 4.45. The quantitative estimate of drug-likeness (QED) is 0.778. The molecule has 3 rings (SSSR count). The van der Waals surface area contributed by atoms with Gasteiger partial charge < -0.3 is 5.32 Å². The van der Waals surface area contributed by atoms with Crippen LogP contribution in [0.2, 0.25) is 4.34 Å². The van der Waals surface area contributed by atoms with Gasteiger partial charge >= 0.3 is 0 Å². The summed E-state index contributed by atoms with van der Waals surface area (Å²) in [6.07, 6.45) is 2.27.